The number of piperidine rings is 1. The summed E-state index contributed by atoms with van der Waals surface area (Å²) in [5, 5.41) is 0. The van der Waals surface area contributed by atoms with Gasteiger partial charge in [0.05, 0.1) is 13.2 Å². The molecule has 20 heavy (non-hydrogen) atoms. The fourth-order valence-electron chi connectivity index (χ4n) is 2.81. The minimum absolute atomic E-state index is 0.0314. The molecule has 2 amide bonds. The van der Waals surface area contributed by atoms with Crippen molar-refractivity contribution in [3.8, 4) is 0 Å². The van der Waals surface area contributed by atoms with E-state index in [1.807, 2.05) is 13.8 Å². The smallest absolute Gasteiger partial charge is 0.232 e. The highest BCUT2D eigenvalue weighted by Gasteiger charge is 2.40. The molecule has 2 saturated heterocycles. The number of ether oxygens (including phenoxy) is 2. The van der Waals surface area contributed by atoms with Crippen LogP contribution < -0.4 is 0 Å². The molecule has 0 unspecified atom stereocenters. The maximum atomic E-state index is 12.1. The number of carbonyl (C=O) groups is 2. The Morgan fingerprint density at radius 1 is 1.10 bits per heavy atom. The Labute approximate surface area is 120 Å². The zero-order valence-corrected chi connectivity index (χ0v) is 12.4. The molecular weight excluding hydrogens is 260 g/mol. The number of rotatable bonds is 4. The number of carbonyl (C=O) groups excluding carboxylic acids is 2. The monoisotopic (exact) mass is 284 g/mol. The molecule has 0 N–H and O–H groups in total. The highest BCUT2D eigenvalue weighted by Crippen LogP contribution is 2.31. The minimum Gasteiger partial charge on any atom is -0.347 e. The van der Waals surface area contributed by atoms with Crippen molar-refractivity contribution in [3.05, 3.63) is 0 Å². The standard InChI is InChI=1S/C14H24N2O4/c1-3-15(4-2)12(17)11-13(18)16-7-5-14(6-8-16)19-9-10-20-14/h3-11H2,1-2H3. The van der Waals surface area contributed by atoms with E-state index < -0.39 is 5.79 Å². The van der Waals surface area contributed by atoms with E-state index in [0.717, 1.165) is 0 Å². The van der Waals surface area contributed by atoms with Crippen LogP contribution in [0.3, 0.4) is 0 Å². The Kier molecular flexibility index (Phi) is 4.99. The van der Waals surface area contributed by atoms with Crippen molar-refractivity contribution in [1.29, 1.82) is 0 Å². The summed E-state index contributed by atoms with van der Waals surface area (Å²) in [6.45, 7) is 7.61. The van der Waals surface area contributed by atoms with E-state index in [0.29, 0.717) is 52.2 Å². The lowest BCUT2D eigenvalue weighted by atomic mass is 10.0. The summed E-state index contributed by atoms with van der Waals surface area (Å²) in [7, 11) is 0. The largest absolute Gasteiger partial charge is 0.347 e. The molecule has 2 fully saturated rings. The molecule has 0 aliphatic carbocycles. The van der Waals surface area contributed by atoms with Gasteiger partial charge in [0.25, 0.3) is 0 Å². The van der Waals surface area contributed by atoms with E-state index in [2.05, 4.69) is 0 Å². The van der Waals surface area contributed by atoms with Gasteiger partial charge in [0.2, 0.25) is 11.8 Å². The molecule has 0 bridgehead atoms. The van der Waals surface area contributed by atoms with Crippen molar-refractivity contribution in [3.63, 3.8) is 0 Å². The summed E-state index contributed by atoms with van der Waals surface area (Å²) >= 11 is 0. The Morgan fingerprint density at radius 3 is 2.15 bits per heavy atom. The second-order valence-corrected chi connectivity index (χ2v) is 5.23. The molecule has 2 aliphatic heterocycles. The van der Waals surface area contributed by atoms with Crippen molar-refractivity contribution in [2.45, 2.75) is 38.9 Å². The predicted octanol–water partition coefficient (Wildman–Crippen LogP) is 0.610. The SMILES string of the molecule is CCN(CC)C(=O)CC(=O)N1CCC2(CC1)OCCO2. The van der Waals surface area contributed by atoms with Crippen LogP contribution in [0.4, 0.5) is 0 Å². The van der Waals surface area contributed by atoms with Crippen LogP contribution in [0.5, 0.6) is 0 Å². The van der Waals surface area contributed by atoms with Gasteiger partial charge in [-0.2, -0.15) is 0 Å². The van der Waals surface area contributed by atoms with Crippen LogP contribution in [0.2, 0.25) is 0 Å². The van der Waals surface area contributed by atoms with Crippen molar-refractivity contribution in [2.75, 3.05) is 39.4 Å². The topological polar surface area (TPSA) is 59.1 Å². The van der Waals surface area contributed by atoms with Crippen LogP contribution in [-0.4, -0.2) is 66.8 Å². The summed E-state index contributed by atoms with van der Waals surface area (Å²) in [5.74, 6) is -0.650. The first-order valence-electron chi connectivity index (χ1n) is 7.43. The fourth-order valence-corrected chi connectivity index (χ4v) is 2.81. The third-order valence-corrected chi connectivity index (χ3v) is 4.11. The second-order valence-electron chi connectivity index (χ2n) is 5.23. The first-order valence-corrected chi connectivity index (χ1v) is 7.43. The highest BCUT2D eigenvalue weighted by molar-refractivity contribution is 5.96. The van der Waals surface area contributed by atoms with Crippen molar-refractivity contribution in [1.82, 2.24) is 9.80 Å². The molecule has 114 valence electrons. The number of amides is 2. The van der Waals surface area contributed by atoms with Crippen molar-refractivity contribution >= 4 is 11.8 Å². The van der Waals surface area contributed by atoms with E-state index in [9.17, 15) is 9.59 Å². The molecule has 2 aliphatic rings. The second kappa shape index (κ2) is 6.54. The summed E-state index contributed by atoms with van der Waals surface area (Å²) in [5.41, 5.74) is 0. The Morgan fingerprint density at radius 2 is 1.65 bits per heavy atom. The lowest BCUT2D eigenvalue weighted by molar-refractivity contribution is -0.187. The van der Waals surface area contributed by atoms with Crippen molar-refractivity contribution < 1.29 is 19.1 Å². The molecule has 6 heteroatoms. The maximum Gasteiger partial charge on any atom is 0.232 e. The molecular formula is C14H24N2O4. The average Bonchev–Trinajstić information content (AvgIpc) is 2.89. The third-order valence-electron chi connectivity index (χ3n) is 4.11. The Balaban J connectivity index is 1.81. The van der Waals surface area contributed by atoms with Crippen molar-refractivity contribution in [2.24, 2.45) is 0 Å². The number of hydrogen-bond donors (Lipinski definition) is 0. The van der Waals surface area contributed by atoms with Crippen LogP contribution in [-0.2, 0) is 19.1 Å². The lowest BCUT2D eigenvalue weighted by Gasteiger charge is -2.37. The zero-order chi connectivity index (χ0) is 14.6. The van der Waals surface area contributed by atoms with Gasteiger partial charge in [-0.1, -0.05) is 0 Å². The van der Waals surface area contributed by atoms with E-state index >= 15 is 0 Å². The van der Waals surface area contributed by atoms with E-state index in [4.69, 9.17) is 9.47 Å². The van der Waals surface area contributed by atoms with Crippen LogP contribution in [0.1, 0.15) is 33.1 Å². The Bertz CT molecular complexity index is 352. The summed E-state index contributed by atoms with van der Waals surface area (Å²) in [6, 6.07) is 0. The number of nitrogens with zero attached hydrogens (tertiary/aromatic N) is 2. The lowest BCUT2D eigenvalue weighted by Crippen LogP contribution is -2.48. The Hall–Kier alpha value is -1.14. The van der Waals surface area contributed by atoms with Gasteiger partial charge in [-0.15, -0.1) is 0 Å². The molecule has 0 atom stereocenters. The molecule has 1 spiro atoms. The van der Waals surface area contributed by atoms with E-state index in [-0.39, 0.29) is 18.2 Å². The quantitative estimate of drug-likeness (QED) is 0.710. The third kappa shape index (κ3) is 3.30. The molecule has 0 saturated carbocycles. The average molecular weight is 284 g/mol. The summed E-state index contributed by atoms with van der Waals surface area (Å²) in [4.78, 5) is 27.5. The summed E-state index contributed by atoms with van der Waals surface area (Å²) < 4.78 is 11.3. The van der Waals surface area contributed by atoms with Gasteiger partial charge in [-0.05, 0) is 13.8 Å². The summed E-state index contributed by atoms with van der Waals surface area (Å²) in [6.07, 6.45) is 1.35. The van der Waals surface area contributed by atoms with Gasteiger partial charge in [0.15, 0.2) is 5.79 Å². The van der Waals surface area contributed by atoms with Gasteiger partial charge in [-0.3, -0.25) is 9.59 Å². The molecule has 0 aromatic rings. The normalized spacial score (nSPS) is 21.2. The molecule has 0 radical (unpaired) electrons. The maximum absolute atomic E-state index is 12.1. The van der Waals surface area contributed by atoms with Gasteiger partial charge < -0.3 is 19.3 Å². The zero-order valence-electron chi connectivity index (χ0n) is 12.4. The predicted molar refractivity (Wildman–Crippen MR) is 73.0 cm³/mol. The molecule has 0 aromatic heterocycles. The number of hydrogen-bond acceptors (Lipinski definition) is 4. The van der Waals surface area contributed by atoms with Gasteiger partial charge in [-0.25, -0.2) is 0 Å². The number of likely N-dealkylation sites (tertiary alicyclic amines) is 1. The first kappa shape index (κ1) is 15.3. The van der Waals surface area contributed by atoms with E-state index in [1.165, 1.54) is 0 Å². The van der Waals surface area contributed by atoms with Crippen LogP contribution in [0.25, 0.3) is 0 Å². The highest BCUT2D eigenvalue weighted by atomic mass is 16.7. The van der Waals surface area contributed by atoms with Crippen LogP contribution >= 0.6 is 0 Å². The molecule has 2 rings (SSSR count). The van der Waals surface area contributed by atoms with E-state index in [1.54, 1.807) is 9.80 Å². The first-order chi connectivity index (χ1) is 9.60. The van der Waals surface area contributed by atoms with Gasteiger partial charge in [0, 0.05) is 39.0 Å². The molecule has 0 aromatic carbocycles. The molecule has 2 heterocycles. The minimum atomic E-state index is -0.473. The van der Waals surface area contributed by atoms with Crippen LogP contribution in [0, 0.1) is 0 Å². The van der Waals surface area contributed by atoms with Gasteiger partial charge >= 0.3 is 0 Å². The molecule has 6 nitrogen and oxygen atoms in total. The van der Waals surface area contributed by atoms with Crippen LogP contribution in [0.15, 0.2) is 0 Å². The van der Waals surface area contributed by atoms with Gasteiger partial charge in [0.1, 0.15) is 6.42 Å². The fraction of sp³-hybridized carbons (Fsp3) is 0.857.